The van der Waals surface area contributed by atoms with Gasteiger partial charge in [0.25, 0.3) is 0 Å². The Morgan fingerprint density at radius 1 is 1.26 bits per heavy atom. The number of amides is 2. The maximum atomic E-state index is 12.3. The number of allylic oxidation sites excluding steroid dienone is 1. The van der Waals surface area contributed by atoms with Gasteiger partial charge in [-0.2, -0.15) is 4.98 Å². The van der Waals surface area contributed by atoms with Crippen LogP contribution in [0.2, 0.25) is 5.02 Å². The minimum absolute atomic E-state index is 0.0861. The summed E-state index contributed by atoms with van der Waals surface area (Å²) in [4.78, 5) is 34.9. The van der Waals surface area contributed by atoms with Gasteiger partial charge in [-0.25, -0.2) is 4.98 Å². The summed E-state index contributed by atoms with van der Waals surface area (Å²) in [6.07, 6.45) is 8.58. The smallest absolute Gasteiger partial charge is 0.229 e. The largest absolute Gasteiger partial charge is 0.494 e. The van der Waals surface area contributed by atoms with Gasteiger partial charge in [0.05, 0.1) is 30.6 Å². The molecule has 2 heterocycles. The lowest BCUT2D eigenvalue weighted by atomic mass is 9.88. The summed E-state index contributed by atoms with van der Waals surface area (Å²) in [7, 11) is 3.39. The van der Waals surface area contributed by atoms with Gasteiger partial charge in [0.2, 0.25) is 17.8 Å². The highest BCUT2D eigenvalue weighted by molar-refractivity contribution is 6.32. The van der Waals surface area contributed by atoms with Gasteiger partial charge in [0.15, 0.2) is 5.82 Å². The average molecular weight is 483 g/mol. The molecule has 5 rings (SSSR count). The van der Waals surface area contributed by atoms with Crippen molar-refractivity contribution in [3.8, 4) is 5.75 Å². The number of nitrogens with zero attached hydrogens (tertiary/aromatic N) is 3. The first kappa shape index (κ1) is 22.5. The van der Waals surface area contributed by atoms with Gasteiger partial charge in [0, 0.05) is 25.1 Å². The van der Waals surface area contributed by atoms with Crippen LogP contribution in [0.4, 0.5) is 23.1 Å². The molecule has 178 valence electrons. The molecule has 4 unspecified atom stereocenters. The van der Waals surface area contributed by atoms with Crippen molar-refractivity contribution >= 4 is 46.6 Å². The van der Waals surface area contributed by atoms with E-state index in [0.29, 0.717) is 34.6 Å². The van der Waals surface area contributed by atoms with Crippen LogP contribution >= 0.6 is 11.6 Å². The molecule has 0 saturated heterocycles. The van der Waals surface area contributed by atoms with E-state index in [0.717, 1.165) is 30.5 Å². The number of aromatic nitrogens is 2. The van der Waals surface area contributed by atoms with Gasteiger partial charge in [-0.05, 0) is 43.2 Å². The van der Waals surface area contributed by atoms with Crippen molar-refractivity contribution in [3.63, 3.8) is 0 Å². The summed E-state index contributed by atoms with van der Waals surface area (Å²) in [5, 5.41) is 6.93. The zero-order valence-electron chi connectivity index (χ0n) is 19.0. The van der Waals surface area contributed by atoms with Gasteiger partial charge in [-0.15, -0.1) is 0 Å². The molecule has 0 radical (unpaired) electrons. The van der Waals surface area contributed by atoms with E-state index in [1.54, 1.807) is 19.1 Å². The summed E-state index contributed by atoms with van der Waals surface area (Å²) in [6.45, 7) is 0. The van der Waals surface area contributed by atoms with E-state index in [9.17, 15) is 9.59 Å². The van der Waals surface area contributed by atoms with E-state index in [-0.39, 0.29) is 35.6 Å². The lowest BCUT2D eigenvalue weighted by Crippen LogP contribution is -2.41. The Hall–Kier alpha value is -3.33. The van der Waals surface area contributed by atoms with Crippen LogP contribution in [0.15, 0.2) is 30.5 Å². The first-order valence-corrected chi connectivity index (χ1v) is 11.8. The van der Waals surface area contributed by atoms with Crippen LogP contribution in [0.1, 0.15) is 24.8 Å². The number of hydrogen-bond acceptors (Lipinski definition) is 7. The maximum Gasteiger partial charge on any atom is 0.229 e. The molecule has 10 heteroatoms. The van der Waals surface area contributed by atoms with E-state index >= 15 is 0 Å². The maximum absolute atomic E-state index is 12.3. The number of ether oxygens (including phenoxy) is 1. The van der Waals surface area contributed by atoms with Crippen molar-refractivity contribution in [2.45, 2.75) is 31.7 Å². The summed E-state index contributed by atoms with van der Waals surface area (Å²) in [5.74, 6) is 1.23. The van der Waals surface area contributed by atoms with Crippen molar-refractivity contribution in [1.29, 1.82) is 0 Å². The van der Waals surface area contributed by atoms with Crippen molar-refractivity contribution in [3.05, 3.63) is 41.1 Å². The minimum atomic E-state index is -0.323. The molecular weight excluding hydrogens is 456 g/mol. The number of methoxy groups -OCH3 is 1. The Labute approximate surface area is 202 Å². The van der Waals surface area contributed by atoms with Crippen LogP contribution in [0.3, 0.4) is 0 Å². The summed E-state index contributed by atoms with van der Waals surface area (Å²) in [5.41, 5.74) is 8.18. The Balaban J connectivity index is 1.43. The first-order valence-electron chi connectivity index (χ1n) is 11.4. The van der Waals surface area contributed by atoms with Crippen molar-refractivity contribution < 1.29 is 14.3 Å². The predicted octanol–water partition coefficient (Wildman–Crippen LogP) is 3.27. The van der Waals surface area contributed by atoms with E-state index < -0.39 is 0 Å². The number of nitrogens with one attached hydrogen (secondary N) is 2. The number of benzene rings is 1. The number of halogens is 1. The van der Waals surface area contributed by atoms with Crippen molar-refractivity contribution in [1.82, 2.24) is 9.97 Å². The molecule has 34 heavy (non-hydrogen) atoms. The number of nitrogens with two attached hydrogens (primary N) is 1. The molecule has 9 nitrogen and oxygen atoms in total. The van der Waals surface area contributed by atoms with Gasteiger partial charge < -0.3 is 26.0 Å². The third-order valence-electron chi connectivity index (χ3n) is 7.07. The molecule has 1 saturated carbocycles. The van der Waals surface area contributed by atoms with Gasteiger partial charge in [0.1, 0.15) is 10.8 Å². The van der Waals surface area contributed by atoms with Gasteiger partial charge >= 0.3 is 0 Å². The second kappa shape index (κ2) is 8.79. The zero-order valence-corrected chi connectivity index (χ0v) is 19.8. The van der Waals surface area contributed by atoms with E-state index in [4.69, 9.17) is 22.1 Å². The highest BCUT2D eigenvalue weighted by Gasteiger charge is 2.47. The predicted molar refractivity (Wildman–Crippen MR) is 130 cm³/mol. The first-order chi connectivity index (χ1) is 16.4. The third kappa shape index (κ3) is 3.83. The third-order valence-corrected chi connectivity index (χ3v) is 7.35. The molecule has 2 aliphatic carbocycles. The minimum Gasteiger partial charge on any atom is -0.494 e. The van der Waals surface area contributed by atoms with E-state index in [1.807, 2.05) is 12.1 Å². The molecule has 4 atom stereocenters. The molecule has 1 aromatic carbocycles. The van der Waals surface area contributed by atoms with Crippen LogP contribution in [0.5, 0.6) is 5.75 Å². The number of carbonyl (C=O) groups is 2. The summed E-state index contributed by atoms with van der Waals surface area (Å²) < 4.78 is 5.73. The number of hydrogen-bond donors (Lipinski definition) is 3. The SMILES string of the molecule is COc1c(Nc2ncc(Cl)c(NC3C4C=CC(C4)C3C(N)=O)n2)ccc2c1CCCC(=O)N2C. The Kier molecular flexibility index (Phi) is 5.81. The fourth-order valence-corrected chi connectivity index (χ4v) is 5.58. The monoisotopic (exact) mass is 482 g/mol. The normalized spacial score (nSPS) is 25.1. The topological polar surface area (TPSA) is 122 Å². The molecule has 1 fully saturated rings. The second-order valence-corrected chi connectivity index (χ2v) is 9.42. The fraction of sp³-hybridized carbons (Fsp3) is 0.417. The van der Waals surface area contributed by atoms with Crippen molar-refractivity contribution in [2.24, 2.45) is 23.5 Å². The van der Waals surface area contributed by atoms with Crippen LogP contribution in [-0.4, -0.2) is 42.0 Å². The summed E-state index contributed by atoms with van der Waals surface area (Å²) in [6, 6.07) is 3.59. The van der Waals surface area contributed by atoms with Crippen LogP contribution in [-0.2, 0) is 16.0 Å². The molecule has 3 aliphatic rings. The number of primary amides is 1. The summed E-state index contributed by atoms with van der Waals surface area (Å²) >= 11 is 6.40. The number of rotatable bonds is 6. The standard InChI is InChI=1S/C24H27ClN6O3/c1-31-17-9-8-16(21(34-2)14(17)4-3-5-18(31)32)28-24-27-11-15(25)23(30-24)29-20-13-7-6-12(10-13)19(20)22(26)33/h6-9,11-13,19-20H,3-5,10H2,1-2H3,(H2,26,33)(H2,27,28,29,30). The Morgan fingerprint density at radius 3 is 2.82 bits per heavy atom. The lowest BCUT2D eigenvalue weighted by Gasteiger charge is -2.27. The quantitative estimate of drug-likeness (QED) is 0.540. The highest BCUT2D eigenvalue weighted by Crippen LogP contribution is 2.45. The van der Waals surface area contributed by atoms with E-state index in [1.165, 1.54) is 6.20 Å². The molecule has 1 aliphatic heterocycles. The van der Waals surface area contributed by atoms with Crippen molar-refractivity contribution in [2.75, 3.05) is 29.7 Å². The molecule has 2 aromatic rings. The molecule has 2 bridgehead atoms. The van der Waals surface area contributed by atoms with Crippen LogP contribution in [0.25, 0.3) is 0 Å². The molecule has 4 N–H and O–H groups in total. The van der Waals surface area contributed by atoms with Gasteiger partial charge in [-0.3, -0.25) is 9.59 Å². The zero-order chi connectivity index (χ0) is 24.0. The fourth-order valence-electron chi connectivity index (χ4n) is 5.44. The van der Waals surface area contributed by atoms with Crippen LogP contribution in [0, 0.1) is 17.8 Å². The Bertz CT molecular complexity index is 1190. The van der Waals surface area contributed by atoms with Gasteiger partial charge in [-0.1, -0.05) is 23.8 Å². The number of anilines is 4. The molecule has 2 amide bonds. The highest BCUT2D eigenvalue weighted by atomic mass is 35.5. The molecule has 1 aromatic heterocycles. The van der Waals surface area contributed by atoms with Crippen LogP contribution < -0.4 is 26.0 Å². The number of carbonyl (C=O) groups excluding carboxylic acids is 2. The lowest BCUT2D eigenvalue weighted by molar-refractivity contribution is -0.122. The Morgan fingerprint density at radius 2 is 2.06 bits per heavy atom. The second-order valence-electron chi connectivity index (χ2n) is 9.01. The molecular formula is C24H27ClN6O3. The average Bonchev–Trinajstić information content (AvgIpc) is 3.39. The van der Waals surface area contributed by atoms with E-state index in [2.05, 4.69) is 32.8 Å². The number of fused-ring (bicyclic) bond motifs is 3. The molecule has 0 spiro atoms.